The molecule has 0 aliphatic carbocycles. The molecule has 0 aliphatic heterocycles. The van der Waals surface area contributed by atoms with Crippen molar-refractivity contribution in [2.75, 3.05) is 0 Å². The maximum Gasteiger partial charge on any atom is 0.303 e. The van der Waals surface area contributed by atoms with E-state index in [1.54, 1.807) is 6.20 Å². The van der Waals surface area contributed by atoms with Crippen LogP contribution in [0.3, 0.4) is 0 Å². The molecule has 4 rings (SSSR count). The lowest BCUT2D eigenvalue weighted by molar-refractivity contribution is -0.136. The standard InChI is InChI=1S/C28H29N3O4/c1-17(2)26-27(19(4)34-23-11-9-20(18(3)15-23)10-12-25(32)33)35-28(31-26)22-7-5-21(6-8-22)24-13-14-29-16-30-24/h5-9,11,13-17,19H,10,12H2,1-4H3,(H,32,33). The van der Waals surface area contributed by atoms with Crippen molar-refractivity contribution in [3.05, 3.63) is 83.6 Å². The highest BCUT2D eigenvalue weighted by Gasteiger charge is 2.23. The number of carboxylic acids is 1. The summed E-state index contributed by atoms with van der Waals surface area (Å²) in [6.07, 6.45) is 3.51. The second kappa shape index (κ2) is 10.5. The van der Waals surface area contributed by atoms with Gasteiger partial charge in [-0.05, 0) is 67.6 Å². The van der Waals surface area contributed by atoms with E-state index in [1.807, 2.05) is 62.4 Å². The van der Waals surface area contributed by atoms with Crippen LogP contribution in [0.4, 0.5) is 0 Å². The average molecular weight is 472 g/mol. The first-order valence-electron chi connectivity index (χ1n) is 11.7. The fraction of sp³-hybridized carbons (Fsp3) is 0.286. The highest BCUT2D eigenvalue weighted by atomic mass is 16.5. The van der Waals surface area contributed by atoms with E-state index in [2.05, 4.69) is 23.8 Å². The van der Waals surface area contributed by atoms with Crippen molar-refractivity contribution in [2.45, 2.75) is 52.6 Å². The SMILES string of the molecule is Cc1cc(OC(C)c2oc(-c3ccc(-c4ccncn4)cc3)nc2C(C)C)ccc1CCC(=O)O. The Kier molecular flexibility index (Phi) is 7.25. The molecule has 0 aliphatic rings. The number of aromatic nitrogens is 3. The first-order valence-corrected chi connectivity index (χ1v) is 11.7. The number of hydrogen-bond acceptors (Lipinski definition) is 6. The highest BCUT2D eigenvalue weighted by Crippen LogP contribution is 2.34. The van der Waals surface area contributed by atoms with E-state index < -0.39 is 5.97 Å². The molecule has 0 fully saturated rings. The molecule has 4 aromatic rings. The molecule has 2 aromatic carbocycles. The quantitative estimate of drug-likeness (QED) is 0.302. The van der Waals surface area contributed by atoms with Crippen LogP contribution in [0, 0.1) is 6.92 Å². The summed E-state index contributed by atoms with van der Waals surface area (Å²) in [6, 6.07) is 15.5. The summed E-state index contributed by atoms with van der Waals surface area (Å²) in [5, 5.41) is 8.94. The van der Waals surface area contributed by atoms with Crippen molar-refractivity contribution < 1.29 is 19.1 Å². The number of carbonyl (C=O) groups is 1. The van der Waals surface area contributed by atoms with Crippen molar-refractivity contribution in [1.29, 1.82) is 0 Å². The molecular formula is C28H29N3O4. The Hall–Kier alpha value is -4.00. The molecule has 0 saturated heterocycles. The third-order valence-electron chi connectivity index (χ3n) is 5.84. The van der Waals surface area contributed by atoms with E-state index in [0.29, 0.717) is 23.8 Å². The van der Waals surface area contributed by atoms with Crippen LogP contribution in [0.15, 0.2) is 65.5 Å². The van der Waals surface area contributed by atoms with Crippen LogP contribution in [0.25, 0.3) is 22.7 Å². The minimum absolute atomic E-state index is 0.107. The number of hydrogen-bond donors (Lipinski definition) is 1. The van der Waals surface area contributed by atoms with E-state index in [-0.39, 0.29) is 18.4 Å². The second-order valence-electron chi connectivity index (χ2n) is 8.84. The summed E-state index contributed by atoms with van der Waals surface area (Å²) in [7, 11) is 0. The van der Waals surface area contributed by atoms with Crippen LogP contribution in [0.2, 0.25) is 0 Å². The van der Waals surface area contributed by atoms with Gasteiger partial charge in [0.25, 0.3) is 0 Å². The van der Waals surface area contributed by atoms with E-state index >= 15 is 0 Å². The summed E-state index contributed by atoms with van der Waals surface area (Å²) in [4.78, 5) is 23.9. The van der Waals surface area contributed by atoms with Crippen molar-refractivity contribution in [3.8, 4) is 28.5 Å². The minimum atomic E-state index is -0.802. The largest absolute Gasteiger partial charge is 0.483 e. The molecule has 1 atom stereocenters. The lowest BCUT2D eigenvalue weighted by Gasteiger charge is -2.16. The summed E-state index contributed by atoms with van der Waals surface area (Å²) in [5.74, 6) is 1.31. The van der Waals surface area contributed by atoms with Crippen LogP contribution in [-0.4, -0.2) is 26.0 Å². The van der Waals surface area contributed by atoms with Gasteiger partial charge >= 0.3 is 5.97 Å². The van der Waals surface area contributed by atoms with E-state index in [9.17, 15) is 4.79 Å². The van der Waals surface area contributed by atoms with Gasteiger partial charge in [0.05, 0.1) is 11.4 Å². The molecule has 0 bridgehead atoms. The molecular weight excluding hydrogens is 442 g/mol. The molecule has 7 heteroatoms. The molecule has 0 saturated carbocycles. The third-order valence-corrected chi connectivity index (χ3v) is 5.84. The van der Waals surface area contributed by atoms with Gasteiger partial charge in [0.2, 0.25) is 5.89 Å². The van der Waals surface area contributed by atoms with Gasteiger partial charge in [0, 0.05) is 23.7 Å². The van der Waals surface area contributed by atoms with E-state index in [4.69, 9.17) is 19.2 Å². The van der Waals surface area contributed by atoms with Gasteiger partial charge in [0.15, 0.2) is 11.9 Å². The summed E-state index contributed by atoms with van der Waals surface area (Å²) in [6.45, 7) is 8.07. The minimum Gasteiger partial charge on any atom is -0.483 e. The number of aliphatic carboxylic acids is 1. The van der Waals surface area contributed by atoms with Crippen molar-refractivity contribution >= 4 is 5.97 Å². The van der Waals surface area contributed by atoms with E-state index in [1.165, 1.54) is 6.33 Å². The Balaban J connectivity index is 1.54. The van der Waals surface area contributed by atoms with E-state index in [0.717, 1.165) is 33.6 Å². The topological polar surface area (TPSA) is 98.3 Å². The monoisotopic (exact) mass is 471 g/mol. The average Bonchev–Trinajstić information content (AvgIpc) is 3.30. The zero-order valence-electron chi connectivity index (χ0n) is 20.4. The second-order valence-corrected chi connectivity index (χ2v) is 8.84. The third kappa shape index (κ3) is 5.74. The van der Waals surface area contributed by atoms with Crippen molar-refractivity contribution in [3.63, 3.8) is 0 Å². The number of carboxylic acid groups (broad SMARTS) is 1. The Morgan fingerprint density at radius 3 is 2.43 bits per heavy atom. The lowest BCUT2D eigenvalue weighted by Crippen LogP contribution is -2.06. The number of oxazole rings is 1. The lowest BCUT2D eigenvalue weighted by atomic mass is 10.0. The van der Waals surface area contributed by atoms with Gasteiger partial charge in [-0.15, -0.1) is 0 Å². The van der Waals surface area contributed by atoms with Crippen LogP contribution in [-0.2, 0) is 11.2 Å². The van der Waals surface area contributed by atoms with Gasteiger partial charge in [0.1, 0.15) is 12.1 Å². The van der Waals surface area contributed by atoms with Crippen LogP contribution in [0.1, 0.15) is 61.8 Å². The Bertz CT molecular complexity index is 1300. The molecule has 1 unspecified atom stereocenters. The Morgan fingerprint density at radius 1 is 1.06 bits per heavy atom. The normalized spacial score (nSPS) is 12.0. The van der Waals surface area contributed by atoms with Gasteiger partial charge in [-0.25, -0.2) is 15.0 Å². The molecule has 0 spiro atoms. The van der Waals surface area contributed by atoms with Crippen LogP contribution < -0.4 is 4.74 Å². The van der Waals surface area contributed by atoms with Crippen molar-refractivity contribution in [1.82, 2.24) is 15.0 Å². The van der Waals surface area contributed by atoms with Gasteiger partial charge in [-0.2, -0.15) is 0 Å². The zero-order chi connectivity index (χ0) is 24.9. The number of aryl methyl sites for hydroxylation is 2. The van der Waals surface area contributed by atoms with Crippen LogP contribution in [0.5, 0.6) is 5.75 Å². The summed E-state index contributed by atoms with van der Waals surface area (Å²) in [5.41, 5.74) is 5.59. The summed E-state index contributed by atoms with van der Waals surface area (Å²) >= 11 is 0. The van der Waals surface area contributed by atoms with Gasteiger partial charge in [-0.3, -0.25) is 4.79 Å². The predicted octanol–water partition coefficient (Wildman–Crippen LogP) is 6.39. The smallest absolute Gasteiger partial charge is 0.303 e. The molecule has 0 radical (unpaired) electrons. The number of ether oxygens (including phenoxy) is 1. The number of nitrogens with zero attached hydrogens (tertiary/aromatic N) is 3. The molecule has 7 nitrogen and oxygen atoms in total. The maximum atomic E-state index is 10.9. The highest BCUT2D eigenvalue weighted by molar-refractivity contribution is 5.67. The van der Waals surface area contributed by atoms with Crippen LogP contribution >= 0.6 is 0 Å². The number of benzene rings is 2. The predicted molar refractivity (Wildman–Crippen MR) is 133 cm³/mol. The molecule has 1 N–H and O–H groups in total. The molecule has 2 heterocycles. The first-order chi connectivity index (χ1) is 16.8. The fourth-order valence-corrected chi connectivity index (χ4v) is 3.94. The summed E-state index contributed by atoms with van der Waals surface area (Å²) < 4.78 is 12.4. The van der Waals surface area contributed by atoms with Gasteiger partial charge < -0.3 is 14.3 Å². The molecule has 0 amide bonds. The number of rotatable bonds is 9. The first kappa shape index (κ1) is 24.1. The van der Waals surface area contributed by atoms with Gasteiger partial charge in [-0.1, -0.05) is 32.0 Å². The Labute approximate surface area is 204 Å². The molecule has 180 valence electrons. The fourth-order valence-electron chi connectivity index (χ4n) is 3.94. The van der Waals surface area contributed by atoms with Crippen molar-refractivity contribution in [2.24, 2.45) is 0 Å². The molecule has 2 aromatic heterocycles. The zero-order valence-corrected chi connectivity index (χ0v) is 20.4. The Morgan fingerprint density at radius 2 is 1.80 bits per heavy atom. The molecule has 35 heavy (non-hydrogen) atoms. The maximum absolute atomic E-state index is 10.9.